The standard InChI is InChI=1S/C15H13N3O2.C14H10ClN3O/c1-20-11-7-8-13-12(9-11)15(19)18(16)14(17-13)10-5-3-2-4-6-10;15-11-8-4-7-10-12(11)17-13(18(16)14(10)19)9-5-2-1-3-6-9/h2-9H,16H2,1H3;1-8H,16H2. The second kappa shape index (κ2) is 10.7. The predicted molar refractivity (Wildman–Crippen MR) is 155 cm³/mol. The van der Waals surface area contributed by atoms with Gasteiger partial charge in [0.05, 0.1) is 33.9 Å². The van der Waals surface area contributed by atoms with Crippen LogP contribution in [0.3, 0.4) is 0 Å². The lowest BCUT2D eigenvalue weighted by molar-refractivity contribution is 0.415. The number of ether oxygens (including phenoxy) is 1. The van der Waals surface area contributed by atoms with Crippen molar-refractivity contribution < 1.29 is 4.74 Å². The van der Waals surface area contributed by atoms with Crippen molar-refractivity contribution in [2.24, 2.45) is 0 Å². The third kappa shape index (κ3) is 4.90. The average Bonchev–Trinajstić information content (AvgIpc) is 2.98. The van der Waals surface area contributed by atoms with Gasteiger partial charge in [0.25, 0.3) is 11.1 Å². The number of aromatic nitrogens is 4. The van der Waals surface area contributed by atoms with E-state index in [1.54, 1.807) is 43.5 Å². The second-order valence-corrected chi connectivity index (χ2v) is 8.88. The lowest BCUT2D eigenvalue weighted by Gasteiger charge is -2.09. The molecule has 10 heteroatoms. The molecule has 0 saturated heterocycles. The van der Waals surface area contributed by atoms with Crippen molar-refractivity contribution >= 4 is 33.4 Å². The summed E-state index contributed by atoms with van der Waals surface area (Å²) in [6.07, 6.45) is 0. The molecule has 0 unspecified atom stereocenters. The molecular formula is C29H23ClN6O3. The van der Waals surface area contributed by atoms with E-state index in [-0.39, 0.29) is 11.1 Å². The summed E-state index contributed by atoms with van der Waals surface area (Å²) < 4.78 is 7.23. The van der Waals surface area contributed by atoms with E-state index in [9.17, 15) is 9.59 Å². The zero-order chi connectivity index (χ0) is 27.5. The summed E-state index contributed by atoms with van der Waals surface area (Å²) in [4.78, 5) is 33.4. The molecule has 0 bridgehead atoms. The van der Waals surface area contributed by atoms with E-state index in [2.05, 4.69) is 9.97 Å². The summed E-state index contributed by atoms with van der Waals surface area (Å²) in [7, 11) is 1.55. The first-order valence-electron chi connectivity index (χ1n) is 11.8. The van der Waals surface area contributed by atoms with Crippen LogP contribution in [0.1, 0.15) is 0 Å². The van der Waals surface area contributed by atoms with Gasteiger partial charge in [0.1, 0.15) is 5.75 Å². The number of hydrogen-bond donors (Lipinski definition) is 2. The van der Waals surface area contributed by atoms with Crippen LogP contribution in [0.4, 0.5) is 0 Å². The van der Waals surface area contributed by atoms with E-state index in [1.165, 1.54) is 0 Å². The Morgan fingerprint density at radius 1 is 0.692 bits per heavy atom. The van der Waals surface area contributed by atoms with Gasteiger partial charge in [-0.1, -0.05) is 78.3 Å². The summed E-state index contributed by atoms with van der Waals surface area (Å²) in [6, 6.07) is 28.9. The molecule has 2 heterocycles. The Morgan fingerprint density at radius 2 is 1.26 bits per heavy atom. The predicted octanol–water partition coefficient (Wildman–Crippen LogP) is 4.22. The van der Waals surface area contributed by atoms with Gasteiger partial charge >= 0.3 is 0 Å². The van der Waals surface area contributed by atoms with E-state index in [0.29, 0.717) is 44.2 Å². The van der Waals surface area contributed by atoms with Gasteiger partial charge in [0.15, 0.2) is 11.6 Å². The molecule has 39 heavy (non-hydrogen) atoms. The first-order chi connectivity index (χ1) is 18.9. The van der Waals surface area contributed by atoms with Crippen LogP contribution >= 0.6 is 11.6 Å². The summed E-state index contributed by atoms with van der Waals surface area (Å²) in [5.74, 6) is 13.1. The molecule has 0 amide bonds. The lowest BCUT2D eigenvalue weighted by atomic mass is 10.2. The fourth-order valence-corrected chi connectivity index (χ4v) is 4.29. The van der Waals surface area contributed by atoms with Crippen LogP contribution in [0.5, 0.6) is 5.75 Å². The van der Waals surface area contributed by atoms with Crippen LogP contribution in [0, 0.1) is 0 Å². The van der Waals surface area contributed by atoms with Gasteiger partial charge in [-0.25, -0.2) is 19.3 Å². The molecule has 0 aliphatic heterocycles. The Labute approximate surface area is 227 Å². The Kier molecular flexibility index (Phi) is 6.98. The Morgan fingerprint density at radius 3 is 1.85 bits per heavy atom. The van der Waals surface area contributed by atoms with Crippen molar-refractivity contribution in [3.8, 4) is 28.5 Å². The number of methoxy groups -OCH3 is 1. The minimum atomic E-state index is -0.314. The Bertz CT molecular complexity index is 1920. The summed E-state index contributed by atoms with van der Waals surface area (Å²) in [6.45, 7) is 0. The van der Waals surface area contributed by atoms with Gasteiger partial charge in [-0.3, -0.25) is 9.59 Å². The number of benzene rings is 4. The number of halogens is 1. The van der Waals surface area contributed by atoms with Crippen molar-refractivity contribution in [1.29, 1.82) is 0 Å². The van der Waals surface area contributed by atoms with E-state index < -0.39 is 0 Å². The van der Waals surface area contributed by atoms with Crippen LogP contribution in [-0.2, 0) is 0 Å². The van der Waals surface area contributed by atoms with E-state index in [1.807, 2.05) is 60.7 Å². The molecule has 4 N–H and O–H groups in total. The molecule has 0 aliphatic rings. The highest BCUT2D eigenvalue weighted by molar-refractivity contribution is 6.35. The van der Waals surface area contributed by atoms with Crippen LogP contribution < -0.4 is 27.5 Å². The first kappa shape index (κ1) is 25.5. The summed E-state index contributed by atoms with van der Waals surface area (Å²) in [5.41, 5.74) is 2.01. The van der Waals surface area contributed by atoms with Gasteiger partial charge < -0.3 is 16.4 Å². The fourth-order valence-electron chi connectivity index (χ4n) is 4.07. The van der Waals surface area contributed by atoms with Crippen LogP contribution in [0.15, 0.2) is 107 Å². The van der Waals surface area contributed by atoms with Gasteiger partial charge in [-0.05, 0) is 30.3 Å². The quantitative estimate of drug-likeness (QED) is 0.322. The SMILES string of the molecule is COc1ccc2nc(-c3ccccc3)n(N)c(=O)c2c1.Nn1c(-c2ccccc2)nc2c(Cl)cccc2c1=O. The van der Waals surface area contributed by atoms with Crippen molar-refractivity contribution in [2.45, 2.75) is 0 Å². The maximum absolute atomic E-state index is 12.3. The molecule has 0 saturated carbocycles. The minimum absolute atomic E-state index is 0.298. The van der Waals surface area contributed by atoms with E-state index in [4.69, 9.17) is 28.0 Å². The second-order valence-electron chi connectivity index (χ2n) is 8.47. The smallest absolute Gasteiger partial charge is 0.280 e. The normalized spacial score (nSPS) is 10.7. The highest BCUT2D eigenvalue weighted by Crippen LogP contribution is 2.23. The van der Waals surface area contributed by atoms with Crippen molar-refractivity contribution in [1.82, 2.24) is 19.3 Å². The summed E-state index contributed by atoms with van der Waals surface area (Å²) >= 11 is 6.09. The number of rotatable bonds is 3. The Balaban J connectivity index is 0.000000158. The Hall–Kier alpha value is -5.15. The van der Waals surface area contributed by atoms with E-state index in [0.717, 1.165) is 20.5 Å². The first-order valence-corrected chi connectivity index (χ1v) is 12.2. The van der Waals surface area contributed by atoms with Gasteiger partial charge in [-0.2, -0.15) is 0 Å². The molecule has 6 aromatic rings. The van der Waals surface area contributed by atoms with Gasteiger partial charge in [0, 0.05) is 11.1 Å². The van der Waals surface area contributed by atoms with Crippen LogP contribution in [-0.4, -0.2) is 26.4 Å². The van der Waals surface area contributed by atoms with Crippen molar-refractivity contribution in [2.75, 3.05) is 18.8 Å². The molecule has 0 atom stereocenters. The molecule has 0 spiro atoms. The minimum Gasteiger partial charge on any atom is -0.497 e. The van der Waals surface area contributed by atoms with Crippen molar-refractivity contribution in [3.05, 3.63) is 123 Å². The number of para-hydroxylation sites is 1. The molecular weight excluding hydrogens is 516 g/mol. The largest absolute Gasteiger partial charge is 0.497 e. The molecule has 6 rings (SSSR count). The number of hydrogen-bond acceptors (Lipinski definition) is 7. The van der Waals surface area contributed by atoms with Gasteiger partial charge in [-0.15, -0.1) is 0 Å². The van der Waals surface area contributed by atoms with Crippen molar-refractivity contribution in [3.63, 3.8) is 0 Å². The number of nitrogens with two attached hydrogens (primary N) is 2. The third-order valence-corrected chi connectivity index (χ3v) is 6.36. The molecule has 0 aliphatic carbocycles. The molecule has 4 aromatic carbocycles. The zero-order valence-electron chi connectivity index (χ0n) is 20.8. The number of nitrogen functional groups attached to an aromatic ring is 2. The monoisotopic (exact) mass is 538 g/mol. The van der Waals surface area contributed by atoms with Crippen LogP contribution in [0.25, 0.3) is 44.6 Å². The number of fused-ring (bicyclic) bond motifs is 2. The molecule has 0 radical (unpaired) electrons. The summed E-state index contributed by atoms with van der Waals surface area (Å²) in [5, 5.41) is 1.29. The third-order valence-electron chi connectivity index (χ3n) is 6.05. The van der Waals surface area contributed by atoms with E-state index >= 15 is 0 Å². The topological polar surface area (TPSA) is 131 Å². The van der Waals surface area contributed by atoms with Gasteiger partial charge in [0.2, 0.25) is 0 Å². The molecule has 0 fully saturated rings. The average molecular weight is 539 g/mol. The molecule has 2 aromatic heterocycles. The molecule has 194 valence electrons. The number of nitrogens with zero attached hydrogens (tertiary/aromatic N) is 4. The zero-order valence-corrected chi connectivity index (χ0v) is 21.5. The maximum atomic E-state index is 12.3. The van der Waals surface area contributed by atoms with Crippen LogP contribution in [0.2, 0.25) is 5.02 Å². The fraction of sp³-hybridized carbons (Fsp3) is 0.0345. The highest BCUT2D eigenvalue weighted by atomic mass is 35.5. The molecule has 9 nitrogen and oxygen atoms in total. The highest BCUT2D eigenvalue weighted by Gasteiger charge is 2.13. The maximum Gasteiger partial charge on any atom is 0.280 e. The lowest BCUT2D eigenvalue weighted by Crippen LogP contribution is -2.29.